The molecule has 3 heterocycles. The molecule has 0 aliphatic carbocycles. The second-order valence-electron chi connectivity index (χ2n) is 4.16. The van der Waals surface area contributed by atoms with E-state index in [0.717, 1.165) is 42.8 Å². The summed E-state index contributed by atoms with van der Waals surface area (Å²) in [4.78, 5) is 4.20. The number of H-pyrrole nitrogens is 1. The van der Waals surface area contributed by atoms with Crippen molar-refractivity contribution in [2.24, 2.45) is 0 Å². The molecular weight excluding hydrogens is 204 g/mol. The van der Waals surface area contributed by atoms with E-state index in [1.54, 1.807) is 6.20 Å². The summed E-state index contributed by atoms with van der Waals surface area (Å²) in [5.41, 5.74) is 8.33. The largest absolute Gasteiger partial charge is 0.397 e. The zero-order chi connectivity index (χ0) is 11.0. The Hall–Kier alpha value is -1.62. The molecule has 0 radical (unpaired) electrons. The molecule has 0 atom stereocenters. The average Bonchev–Trinajstić information content (AvgIpc) is 2.73. The molecule has 3 rings (SSSR count). The van der Waals surface area contributed by atoms with Crippen LogP contribution in [0.3, 0.4) is 0 Å². The summed E-state index contributed by atoms with van der Waals surface area (Å²) in [7, 11) is 0. The monoisotopic (exact) mass is 218 g/mol. The summed E-state index contributed by atoms with van der Waals surface area (Å²) < 4.78 is 5.36. The number of aromatic amines is 1. The minimum Gasteiger partial charge on any atom is -0.397 e. The number of anilines is 1. The quantitative estimate of drug-likeness (QED) is 0.759. The van der Waals surface area contributed by atoms with Gasteiger partial charge in [-0.05, 0) is 18.9 Å². The molecular formula is C11H14N4O. The molecule has 0 spiro atoms. The van der Waals surface area contributed by atoms with Crippen LogP contribution in [0.15, 0.2) is 12.3 Å². The number of nitrogens with two attached hydrogens (primary N) is 1. The average molecular weight is 218 g/mol. The number of nitrogens with zero attached hydrogens (tertiary/aromatic N) is 2. The van der Waals surface area contributed by atoms with Crippen LogP contribution in [0, 0.1) is 0 Å². The van der Waals surface area contributed by atoms with Crippen LogP contribution < -0.4 is 5.73 Å². The third kappa shape index (κ3) is 1.53. The molecule has 1 fully saturated rings. The molecule has 3 N–H and O–H groups in total. The molecule has 0 saturated carbocycles. The minimum atomic E-state index is 0.488. The number of nitrogens with one attached hydrogen (secondary N) is 1. The maximum absolute atomic E-state index is 5.75. The lowest BCUT2D eigenvalue weighted by Gasteiger charge is -2.20. The Morgan fingerprint density at radius 1 is 1.38 bits per heavy atom. The second kappa shape index (κ2) is 3.75. The van der Waals surface area contributed by atoms with Crippen molar-refractivity contribution in [2.75, 3.05) is 18.9 Å². The topological polar surface area (TPSA) is 76.8 Å². The molecule has 0 amide bonds. The molecule has 5 heteroatoms. The molecule has 84 valence electrons. The Morgan fingerprint density at radius 2 is 2.19 bits per heavy atom. The highest BCUT2D eigenvalue weighted by Crippen LogP contribution is 2.30. The molecule has 1 aliphatic rings. The van der Waals surface area contributed by atoms with Crippen LogP contribution in [0.4, 0.5) is 5.69 Å². The SMILES string of the molecule is Nc1cnc2n[nH]c(C3CCOCC3)c2c1. The fourth-order valence-electron chi connectivity index (χ4n) is 2.23. The van der Waals surface area contributed by atoms with E-state index in [2.05, 4.69) is 15.2 Å². The lowest BCUT2D eigenvalue weighted by atomic mass is 9.95. The van der Waals surface area contributed by atoms with E-state index in [-0.39, 0.29) is 0 Å². The van der Waals surface area contributed by atoms with Crippen LogP contribution in [0.2, 0.25) is 0 Å². The lowest BCUT2D eigenvalue weighted by Crippen LogP contribution is -2.14. The number of fused-ring (bicyclic) bond motifs is 1. The summed E-state index contributed by atoms with van der Waals surface area (Å²) in [6, 6.07) is 1.94. The maximum Gasteiger partial charge on any atom is 0.181 e. The van der Waals surface area contributed by atoms with Crippen LogP contribution >= 0.6 is 0 Å². The van der Waals surface area contributed by atoms with Crippen molar-refractivity contribution in [1.29, 1.82) is 0 Å². The predicted octanol–water partition coefficient (Wildman–Crippen LogP) is 1.43. The summed E-state index contributed by atoms with van der Waals surface area (Å²) in [6.07, 6.45) is 3.70. The first-order valence-electron chi connectivity index (χ1n) is 5.52. The highest BCUT2D eigenvalue weighted by molar-refractivity contribution is 5.81. The number of pyridine rings is 1. The van der Waals surface area contributed by atoms with Gasteiger partial charge in [0.2, 0.25) is 0 Å². The molecule has 16 heavy (non-hydrogen) atoms. The zero-order valence-corrected chi connectivity index (χ0v) is 8.94. The third-order valence-corrected chi connectivity index (χ3v) is 3.09. The van der Waals surface area contributed by atoms with Crippen molar-refractivity contribution in [3.8, 4) is 0 Å². The number of rotatable bonds is 1. The standard InChI is InChI=1S/C11H14N4O/c12-8-5-9-10(7-1-3-16-4-2-7)14-15-11(9)13-6-8/h5-7H,1-4,12H2,(H,13,14,15). The van der Waals surface area contributed by atoms with E-state index < -0.39 is 0 Å². The van der Waals surface area contributed by atoms with Gasteiger partial charge >= 0.3 is 0 Å². The fourth-order valence-corrected chi connectivity index (χ4v) is 2.23. The van der Waals surface area contributed by atoms with Crippen molar-refractivity contribution in [3.05, 3.63) is 18.0 Å². The molecule has 5 nitrogen and oxygen atoms in total. The summed E-state index contributed by atoms with van der Waals surface area (Å²) in [5, 5.41) is 8.34. The van der Waals surface area contributed by atoms with Crippen molar-refractivity contribution in [1.82, 2.24) is 15.2 Å². The summed E-state index contributed by atoms with van der Waals surface area (Å²) in [6.45, 7) is 1.64. The van der Waals surface area contributed by atoms with Crippen molar-refractivity contribution >= 4 is 16.7 Å². The summed E-state index contributed by atoms with van der Waals surface area (Å²) in [5.74, 6) is 0.488. The van der Waals surface area contributed by atoms with Crippen LogP contribution in [-0.4, -0.2) is 28.4 Å². The number of ether oxygens (including phenoxy) is 1. The molecule has 0 bridgehead atoms. The smallest absolute Gasteiger partial charge is 0.181 e. The van der Waals surface area contributed by atoms with Crippen molar-refractivity contribution in [3.63, 3.8) is 0 Å². The van der Waals surface area contributed by atoms with Gasteiger partial charge in [-0.3, -0.25) is 5.10 Å². The molecule has 0 aromatic carbocycles. The highest BCUT2D eigenvalue weighted by Gasteiger charge is 2.20. The van der Waals surface area contributed by atoms with Gasteiger partial charge < -0.3 is 10.5 Å². The fraction of sp³-hybridized carbons (Fsp3) is 0.455. The van der Waals surface area contributed by atoms with Crippen LogP contribution in [0.5, 0.6) is 0 Å². The van der Waals surface area contributed by atoms with Crippen LogP contribution in [0.25, 0.3) is 11.0 Å². The number of hydrogen-bond donors (Lipinski definition) is 2. The molecule has 1 saturated heterocycles. The first-order chi connectivity index (χ1) is 7.84. The Kier molecular flexibility index (Phi) is 2.25. The highest BCUT2D eigenvalue weighted by atomic mass is 16.5. The normalized spacial score (nSPS) is 18.0. The number of nitrogen functional groups attached to an aromatic ring is 1. The lowest BCUT2D eigenvalue weighted by molar-refractivity contribution is 0.0847. The zero-order valence-electron chi connectivity index (χ0n) is 8.94. The maximum atomic E-state index is 5.75. The van der Waals surface area contributed by atoms with Gasteiger partial charge in [0.05, 0.1) is 11.9 Å². The Labute approximate surface area is 93.0 Å². The van der Waals surface area contributed by atoms with Gasteiger partial charge in [-0.1, -0.05) is 0 Å². The van der Waals surface area contributed by atoms with Crippen molar-refractivity contribution < 1.29 is 4.74 Å². The first kappa shape index (κ1) is 9.59. The number of hydrogen-bond acceptors (Lipinski definition) is 4. The Bertz CT molecular complexity index is 502. The third-order valence-electron chi connectivity index (χ3n) is 3.09. The molecule has 2 aromatic rings. The molecule has 2 aromatic heterocycles. The Morgan fingerprint density at radius 3 is 3.00 bits per heavy atom. The van der Waals surface area contributed by atoms with E-state index in [9.17, 15) is 0 Å². The molecule has 0 unspecified atom stereocenters. The molecule has 1 aliphatic heterocycles. The summed E-state index contributed by atoms with van der Waals surface area (Å²) >= 11 is 0. The Balaban J connectivity index is 2.05. The second-order valence-corrected chi connectivity index (χ2v) is 4.16. The van der Waals surface area contributed by atoms with E-state index in [4.69, 9.17) is 10.5 Å². The van der Waals surface area contributed by atoms with E-state index in [0.29, 0.717) is 11.6 Å². The minimum absolute atomic E-state index is 0.488. The van der Waals surface area contributed by atoms with E-state index >= 15 is 0 Å². The van der Waals surface area contributed by atoms with Crippen molar-refractivity contribution in [2.45, 2.75) is 18.8 Å². The van der Waals surface area contributed by atoms with Gasteiger partial charge in [0.15, 0.2) is 5.65 Å². The van der Waals surface area contributed by atoms with Gasteiger partial charge in [-0.15, -0.1) is 0 Å². The van der Waals surface area contributed by atoms with Gasteiger partial charge in [0.25, 0.3) is 0 Å². The van der Waals surface area contributed by atoms with Gasteiger partial charge in [-0.2, -0.15) is 5.10 Å². The van der Waals surface area contributed by atoms with E-state index in [1.165, 1.54) is 0 Å². The first-order valence-corrected chi connectivity index (χ1v) is 5.52. The van der Waals surface area contributed by atoms with E-state index in [1.807, 2.05) is 6.07 Å². The van der Waals surface area contributed by atoms with Crippen LogP contribution in [0.1, 0.15) is 24.5 Å². The predicted molar refractivity (Wildman–Crippen MR) is 61.1 cm³/mol. The number of aromatic nitrogens is 3. The van der Waals surface area contributed by atoms with Gasteiger partial charge in [0, 0.05) is 30.2 Å². The van der Waals surface area contributed by atoms with Gasteiger partial charge in [0.1, 0.15) is 0 Å². The van der Waals surface area contributed by atoms with Crippen LogP contribution in [-0.2, 0) is 4.74 Å². The van der Waals surface area contributed by atoms with Gasteiger partial charge in [-0.25, -0.2) is 4.98 Å².